The molecule has 1 atom stereocenters. The number of urea groups is 1. The van der Waals surface area contributed by atoms with Crippen molar-refractivity contribution in [3.8, 4) is 0 Å². The highest BCUT2D eigenvalue weighted by molar-refractivity contribution is 5.94. The number of carbonyl (C=O) groups is 2. The highest BCUT2D eigenvalue weighted by atomic mass is 16.3. The van der Waals surface area contributed by atoms with E-state index >= 15 is 0 Å². The molecule has 1 saturated heterocycles. The average molecular weight is 369 g/mol. The zero-order valence-corrected chi connectivity index (χ0v) is 16.0. The molecule has 0 radical (unpaired) electrons. The maximum Gasteiger partial charge on any atom is 0.317 e. The summed E-state index contributed by atoms with van der Waals surface area (Å²) in [5.74, 6) is 1.70. The van der Waals surface area contributed by atoms with Gasteiger partial charge in [-0.2, -0.15) is 0 Å². The Morgan fingerprint density at radius 2 is 2.07 bits per heavy atom. The lowest BCUT2D eigenvalue weighted by Gasteiger charge is -2.33. The van der Waals surface area contributed by atoms with Gasteiger partial charge in [0.1, 0.15) is 11.5 Å². The van der Waals surface area contributed by atoms with Crippen molar-refractivity contribution in [2.24, 2.45) is 0 Å². The molecule has 1 aliphatic heterocycles. The van der Waals surface area contributed by atoms with Gasteiger partial charge in [-0.05, 0) is 56.5 Å². The highest BCUT2D eigenvalue weighted by Crippen LogP contribution is 2.27. The van der Waals surface area contributed by atoms with Crippen molar-refractivity contribution in [3.63, 3.8) is 0 Å². The van der Waals surface area contributed by atoms with Gasteiger partial charge < -0.3 is 20.0 Å². The van der Waals surface area contributed by atoms with Crippen LogP contribution < -0.4 is 10.6 Å². The third-order valence-corrected chi connectivity index (χ3v) is 4.88. The number of likely N-dealkylation sites (tertiary alicyclic amines) is 1. The minimum atomic E-state index is -0.123. The van der Waals surface area contributed by atoms with Crippen LogP contribution in [0.15, 0.2) is 40.8 Å². The smallest absolute Gasteiger partial charge is 0.317 e. The van der Waals surface area contributed by atoms with Crippen molar-refractivity contribution >= 4 is 11.9 Å². The second kappa shape index (κ2) is 8.75. The van der Waals surface area contributed by atoms with Crippen LogP contribution in [0.5, 0.6) is 0 Å². The van der Waals surface area contributed by atoms with Crippen LogP contribution in [0.25, 0.3) is 0 Å². The molecule has 3 amide bonds. The molecular formula is C21H27N3O3. The summed E-state index contributed by atoms with van der Waals surface area (Å²) in [6, 6.07) is 11.4. The Labute approximate surface area is 159 Å². The zero-order valence-electron chi connectivity index (χ0n) is 16.0. The summed E-state index contributed by atoms with van der Waals surface area (Å²) in [7, 11) is 0. The van der Waals surface area contributed by atoms with Crippen LogP contribution >= 0.6 is 0 Å². The number of furan rings is 1. The molecule has 144 valence electrons. The van der Waals surface area contributed by atoms with E-state index in [1.54, 1.807) is 0 Å². The van der Waals surface area contributed by atoms with Gasteiger partial charge >= 0.3 is 6.03 Å². The average Bonchev–Trinajstić information content (AvgIpc) is 3.12. The minimum Gasteiger partial charge on any atom is -0.465 e. The van der Waals surface area contributed by atoms with E-state index < -0.39 is 0 Å². The standard InChI is InChI=1S/C21H27N3O3/c1-3-22-21(26)24-11-5-8-18(14-24)16-6-4-7-17(12-16)20(25)23-13-19-10-9-15(2)27-19/h4,6-7,9-10,12,18H,3,5,8,11,13-14H2,1-2H3,(H,22,26)(H,23,25)/t18-/m1/s1. The number of amides is 3. The number of piperidine rings is 1. The number of nitrogens with one attached hydrogen (secondary N) is 2. The lowest BCUT2D eigenvalue weighted by molar-refractivity contribution is 0.0947. The van der Waals surface area contributed by atoms with Crippen molar-refractivity contribution in [2.75, 3.05) is 19.6 Å². The molecule has 6 nitrogen and oxygen atoms in total. The Kier molecular flexibility index (Phi) is 6.16. The Morgan fingerprint density at radius 3 is 2.81 bits per heavy atom. The summed E-state index contributed by atoms with van der Waals surface area (Å²) in [5.41, 5.74) is 1.73. The fraction of sp³-hybridized carbons (Fsp3) is 0.429. The Bertz CT molecular complexity index is 799. The first kappa shape index (κ1) is 19.0. The van der Waals surface area contributed by atoms with Crippen molar-refractivity contribution < 1.29 is 14.0 Å². The normalized spacial score (nSPS) is 16.8. The summed E-state index contributed by atoms with van der Waals surface area (Å²) in [5, 5.41) is 5.76. The molecule has 1 fully saturated rings. The van der Waals surface area contributed by atoms with Gasteiger partial charge in [-0.3, -0.25) is 4.79 Å². The monoisotopic (exact) mass is 369 g/mol. The molecular weight excluding hydrogens is 342 g/mol. The maximum atomic E-state index is 12.5. The number of rotatable bonds is 5. The van der Waals surface area contributed by atoms with E-state index in [0.29, 0.717) is 25.2 Å². The number of hydrogen-bond acceptors (Lipinski definition) is 3. The number of benzene rings is 1. The first-order chi connectivity index (χ1) is 13.1. The molecule has 6 heteroatoms. The van der Waals surface area contributed by atoms with Crippen molar-refractivity contribution in [2.45, 2.75) is 39.2 Å². The van der Waals surface area contributed by atoms with Crippen LogP contribution in [0.4, 0.5) is 4.79 Å². The number of nitrogens with zero attached hydrogens (tertiary/aromatic N) is 1. The maximum absolute atomic E-state index is 12.5. The van der Waals surface area contributed by atoms with Gasteiger partial charge in [0.25, 0.3) is 5.91 Å². The molecule has 0 aliphatic carbocycles. The highest BCUT2D eigenvalue weighted by Gasteiger charge is 2.24. The molecule has 2 N–H and O–H groups in total. The van der Waals surface area contributed by atoms with Crippen molar-refractivity contribution in [3.05, 3.63) is 59.0 Å². The Balaban J connectivity index is 1.63. The van der Waals surface area contributed by atoms with E-state index in [0.717, 1.165) is 36.5 Å². The summed E-state index contributed by atoms with van der Waals surface area (Å²) in [6.45, 7) is 6.26. The van der Waals surface area contributed by atoms with E-state index in [1.807, 2.05) is 55.1 Å². The lowest BCUT2D eigenvalue weighted by Crippen LogP contribution is -2.44. The fourth-order valence-corrected chi connectivity index (χ4v) is 3.48. The zero-order chi connectivity index (χ0) is 19.2. The lowest BCUT2D eigenvalue weighted by atomic mass is 9.89. The second-order valence-corrected chi connectivity index (χ2v) is 6.94. The predicted octanol–water partition coefficient (Wildman–Crippen LogP) is 3.43. The van der Waals surface area contributed by atoms with Crippen LogP contribution in [-0.2, 0) is 6.54 Å². The topological polar surface area (TPSA) is 74.6 Å². The Hall–Kier alpha value is -2.76. The van der Waals surface area contributed by atoms with Gasteiger partial charge in [0.15, 0.2) is 0 Å². The SMILES string of the molecule is CCNC(=O)N1CCC[C@@H](c2cccc(C(=O)NCc3ccc(C)o3)c2)C1. The van der Waals surface area contributed by atoms with E-state index in [2.05, 4.69) is 10.6 Å². The van der Waals surface area contributed by atoms with Gasteiger partial charge in [-0.1, -0.05) is 12.1 Å². The van der Waals surface area contributed by atoms with Crippen molar-refractivity contribution in [1.29, 1.82) is 0 Å². The van der Waals surface area contributed by atoms with Crippen LogP contribution in [0, 0.1) is 6.92 Å². The van der Waals surface area contributed by atoms with E-state index in [-0.39, 0.29) is 17.9 Å². The number of hydrogen-bond donors (Lipinski definition) is 2. The van der Waals surface area contributed by atoms with Gasteiger partial charge in [0.2, 0.25) is 0 Å². The van der Waals surface area contributed by atoms with Gasteiger partial charge in [-0.15, -0.1) is 0 Å². The van der Waals surface area contributed by atoms with E-state index in [9.17, 15) is 9.59 Å². The predicted molar refractivity (Wildman–Crippen MR) is 104 cm³/mol. The summed E-state index contributed by atoms with van der Waals surface area (Å²) in [4.78, 5) is 26.5. The van der Waals surface area contributed by atoms with Crippen LogP contribution in [0.1, 0.15) is 53.1 Å². The first-order valence-corrected chi connectivity index (χ1v) is 9.53. The molecule has 0 spiro atoms. The Morgan fingerprint density at radius 1 is 1.22 bits per heavy atom. The molecule has 0 bridgehead atoms. The molecule has 2 aromatic rings. The first-order valence-electron chi connectivity index (χ1n) is 9.53. The fourth-order valence-electron chi connectivity index (χ4n) is 3.48. The molecule has 27 heavy (non-hydrogen) atoms. The van der Waals surface area contributed by atoms with Gasteiger partial charge in [-0.25, -0.2) is 4.79 Å². The number of aryl methyl sites for hydroxylation is 1. The van der Waals surface area contributed by atoms with Crippen LogP contribution in [-0.4, -0.2) is 36.5 Å². The largest absolute Gasteiger partial charge is 0.465 e. The van der Waals surface area contributed by atoms with E-state index in [1.165, 1.54) is 0 Å². The number of carbonyl (C=O) groups excluding carboxylic acids is 2. The van der Waals surface area contributed by atoms with E-state index in [4.69, 9.17) is 4.42 Å². The minimum absolute atomic E-state index is 0.00941. The molecule has 1 aliphatic rings. The third-order valence-electron chi connectivity index (χ3n) is 4.88. The molecule has 1 aromatic heterocycles. The van der Waals surface area contributed by atoms with Crippen molar-refractivity contribution in [1.82, 2.24) is 15.5 Å². The van der Waals surface area contributed by atoms with Crippen LogP contribution in [0.3, 0.4) is 0 Å². The van der Waals surface area contributed by atoms with Crippen LogP contribution in [0.2, 0.25) is 0 Å². The summed E-state index contributed by atoms with van der Waals surface area (Å²) in [6.07, 6.45) is 1.99. The molecule has 0 saturated carbocycles. The molecule has 2 heterocycles. The molecule has 1 aromatic carbocycles. The molecule has 3 rings (SSSR count). The summed E-state index contributed by atoms with van der Waals surface area (Å²) >= 11 is 0. The van der Waals surface area contributed by atoms with Gasteiger partial charge in [0, 0.05) is 31.1 Å². The molecule has 0 unspecified atom stereocenters. The summed E-state index contributed by atoms with van der Waals surface area (Å²) < 4.78 is 5.48. The third kappa shape index (κ3) is 4.90. The quantitative estimate of drug-likeness (QED) is 0.848. The second-order valence-electron chi connectivity index (χ2n) is 6.94. The van der Waals surface area contributed by atoms with Gasteiger partial charge in [0.05, 0.1) is 6.54 Å².